The first-order chi connectivity index (χ1) is 15.4. The third-order valence-corrected chi connectivity index (χ3v) is 5.54. The second-order valence-corrected chi connectivity index (χ2v) is 8.33. The van der Waals surface area contributed by atoms with Gasteiger partial charge in [0.25, 0.3) is 5.56 Å². The molecule has 4 rings (SSSR count). The maximum Gasteiger partial charge on any atom is 0.256 e. The van der Waals surface area contributed by atoms with E-state index in [4.69, 9.17) is 11.6 Å². The lowest BCUT2D eigenvalue weighted by atomic mass is 10.1. The van der Waals surface area contributed by atoms with Crippen LogP contribution >= 0.6 is 11.6 Å². The van der Waals surface area contributed by atoms with Crippen molar-refractivity contribution >= 4 is 39.8 Å². The molecular weight excluding hydrogens is 422 g/mol. The van der Waals surface area contributed by atoms with E-state index in [1.165, 1.54) is 5.56 Å². The molecule has 0 unspecified atom stereocenters. The van der Waals surface area contributed by atoms with Crippen LogP contribution in [0.1, 0.15) is 16.7 Å². The molecule has 6 heteroatoms. The lowest BCUT2D eigenvalue weighted by molar-refractivity contribution is -0.116. The molecule has 0 bridgehead atoms. The Kier molecular flexibility index (Phi) is 6.28. The van der Waals surface area contributed by atoms with Gasteiger partial charge in [0, 0.05) is 28.5 Å². The van der Waals surface area contributed by atoms with Crippen molar-refractivity contribution in [1.29, 1.82) is 0 Å². The molecule has 0 radical (unpaired) electrons. The summed E-state index contributed by atoms with van der Waals surface area (Å²) in [6, 6.07) is 22.7. The largest absolute Gasteiger partial charge is 0.381 e. The fourth-order valence-corrected chi connectivity index (χ4v) is 3.70. The summed E-state index contributed by atoms with van der Waals surface area (Å²) < 4.78 is 1.54. The highest BCUT2D eigenvalue weighted by Crippen LogP contribution is 2.18. The summed E-state index contributed by atoms with van der Waals surface area (Å²) in [7, 11) is 0. The molecule has 1 amide bonds. The normalized spacial score (nSPS) is 10.8. The van der Waals surface area contributed by atoms with E-state index in [0.29, 0.717) is 22.8 Å². The lowest BCUT2D eigenvalue weighted by Crippen LogP contribution is -2.30. The summed E-state index contributed by atoms with van der Waals surface area (Å²) in [5.74, 6) is -0.277. The van der Waals surface area contributed by atoms with Crippen molar-refractivity contribution in [1.82, 2.24) is 4.57 Å². The Bertz CT molecular complexity index is 1330. The Labute approximate surface area is 191 Å². The second-order valence-electron chi connectivity index (χ2n) is 7.90. The lowest BCUT2D eigenvalue weighted by Gasteiger charge is -2.15. The van der Waals surface area contributed by atoms with Crippen molar-refractivity contribution in [2.24, 2.45) is 0 Å². The SMILES string of the molecule is Cc1ccc(NCc2cc3ccc(C)cc3n(CC(=O)Nc3ccc(Cl)cc3)c2=O)cc1. The highest BCUT2D eigenvalue weighted by molar-refractivity contribution is 6.30. The Morgan fingerprint density at radius 2 is 1.53 bits per heavy atom. The minimum Gasteiger partial charge on any atom is -0.381 e. The monoisotopic (exact) mass is 445 g/mol. The van der Waals surface area contributed by atoms with Gasteiger partial charge in [0.2, 0.25) is 5.91 Å². The number of hydrogen-bond acceptors (Lipinski definition) is 3. The Balaban J connectivity index is 1.64. The molecule has 5 nitrogen and oxygen atoms in total. The van der Waals surface area contributed by atoms with Gasteiger partial charge >= 0.3 is 0 Å². The van der Waals surface area contributed by atoms with Crippen LogP contribution in [0.2, 0.25) is 5.02 Å². The fourth-order valence-electron chi connectivity index (χ4n) is 3.57. The third-order valence-electron chi connectivity index (χ3n) is 5.29. The number of nitrogens with one attached hydrogen (secondary N) is 2. The van der Waals surface area contributed by atoms with Crippen molar-refractivity contribution < 1.29 is 4.79 Å². The van der Waals surface area contributed by atoms with Crippen LogP contribution in [0.15, 0.2) is 77.6 Å². The Morgan fingerprint density at radius 3 is 2.25 bits per heavy atom. The standard InChI is InChI=1S/C26H24ClN3O2/c1-17-4-9-22(10-5-17)28-15-20-14-19-6-3-18(2)13-24(19)30(26(20)32)16-25(31)29-23-11-7-21(27)8-12-23/h3-14,28H,15-16H2,1-2H3,(H,29,31). The number of pyridine rings is 1. The zero-order valence-electron chi connectivity index (χ0n) is 18.0. The van der Waals surface area contributed by atoms with E-state index in [1.807, 2.05) is 62.4 Å². The predicted octanol–water partition coefficient (Wildman–Crippen LogP) is 5.52. The topological polar surface area (TPSA) is 63.1 Å². The Hall–Kier alpha value is -3.57. The van der Waals surface area contributed by atoms with Crippen molar-refractivity contribution in [2.45, 2.75) is 26.9 Å². The highest BCUT2D eigenvalue weighted by Gasteiger charge is 2.13. The van der Waals surface area contributed by atoms with E-state index < -0.39 is 0 Å². The van der Waals surface area contributed by atoms with E-state index in [1.54, 1.807) is 28.8 Å². The number of carbonyl (C=O) groups excluding carboxylic acids is 1. The van der Waals surface area contributed by atoms with Crippen LogP contribution in [0, 0.1) is 13.8 Å². The van der Waals surface area contributed by atoms with Crippen LogP contribution in [0.4, 0.5) is 11.4 Å². The molecule has 1 heterocycles. The van der Waals surface area contributed by atoms with Crippen LogP contribution in [0.3, 0.4) is 0 Å². The number of hydrogen-bond donors (Lipinski definition) is 2. The zero-order chi connectivity index (χ0) is 22.7. The molecule has 1 aromatic heterocycles. The number of halogens is 1. The molecular formula is C26H24ClN3O2. The van der Waals surface area contributed by atoms with Gasteiger partial charge in [-0.15, -0.1) is 0 Å². The van der Waals surface area contributed by atoms with Gasteiger partial charge in [0.15, 0.2) is 0 Å². The van der Waals surface area contributed by atoms with Gasteiger partial charge in [-0.1, -0.05) is 41.4 Å². The van der Waals surface area contributed by atoms with Crippen LogP contribution < -0.4 is 16.2 Å². The first-order valence-electron chi connectivity index (χ1n) is 10.4. The molecule has 0 aliphatic rings. The van der Waals surface area contributed by atoms with Gasteiger partial charge in [0.1, 0.15) is 6.54 Å². The average Bonchev–Trinajstić information content (AvgIpc) is 2.77. The Morgan fingerprint density at radius 1 is 0.875 bits per heavy atom. The molecule has 0 saturated carbocycles. The molecule has 32 heavy (non-hydrogen) atoms. The maximum absolute atomic E-state index is 13.3. The van der Waals surface area contributed by atoms with Crippen LogP contribution in [-0.4, -0.2) is 10.5 Å². The minimum atomic E-state index is -0.277. The molecule has 0 aliphatic heterocycles. The van der Waals surface area contributed by atoms with Gasteiger partial charge in [-0.2, -0.15) is 0 Å². The van der Waals surface area contributed by atoms with Crippen molar-refractivity contribution in [3.63, 3.8) is 0 Å². The van der Waals surface area contributed by atoms with Gasteiger partial charge in [-0.05, 0) is 73.3 Å². The fraction of sp³-hybridized carbons (Fsp3) is 0.154. The smallest absolute Gasteiger partial charge is 0.256 e. The molecule has 0 fully saturated rings. The number of aromatic nitrogens is 1. The number of aryl methyl sites for hydroxylation is 2. The number of fused-ring (bicyclic) bond motifs is 1. The number of anilines is 2. The van der Waals surface area contributed by atoms with Crippen LogP contribution in [0.25, 0.3) is 10.9 Å². The first-order valence-corrected chi connectivity index (χ1v) is 10.8. The van der Waals surface area contributed by atoms with E-state index >= 15 is 0 Å². The molecule has 0 atom stereocenters. The quantitative estimate of drug-likeness (QED) is 0.410. The van der Waals surface area contributed by atoms with E-state index in [0.717, 1.165) is 22.2 Å². The van der Waals surface area contributed by atoms with E-state index in [-0.39, 0.29) is 18.0 Å². The molecule has 0 saturated heterocycles. The van der Waals surface area contributed by atoms with Gasteiger partial charge < -0.3 is 10.6 Å². The van der Waals surface area contributed by atoms with Crippen molar-refractivity contribution in [2.75, 3.05) is 10.6 Å². The molecule has 4 aromatic rings. The number of amides is 1. The molecule has 2 N–H and O–H groups in total. The van der Waals surface area contributed by atoms with Crippen LogP contribution in [0.5, 0.6) is 0 Å². The first kappa shape index (κ1) is 21.7. The predicted molar refractivity (Wildman–Crippen MR) is 132 cm³/mol. The number of carbonyl (C=O) groups is 1. The summed E-state index contributed by atoms with van der Waals surface area (Å²) >= 11 is 5.91. The molecule has 3 aromatic carbocycles. The average molecular weight is 446 g/mol. The number of benzene rings is 3. The second kappa shape index (κ2) is 9.28. The molecule has 162 valence electrons. The summed E-state index contributed by atoms with van der Waals surface area (Å²) in [6.07, 6.45) is 0. The summed E-state index contributed by atoms with van der Waals surface area (Å²) in [5.41, 5.74) is 4.91. The highest BCUT2D eigenvalue weighted by atomic mass is 35.5. The summed E-state index contributed by atoms with van der Waals surface area (Å²) in [6.45, 7) is 4.28. The minimum absolute atomic E-state index is 0.0835. The molecule has 0 aliphatic carbocycles. The third kappa shape index (κ3) is 5.01. The van der Waals surface area contributed by atoms with Gasteiger partial charge in [-0.25, -0.2) is 0 Å². The van der Waals surface area contributed by atoms with Crippen molar-refractivity contribution in [3.8, 4) is 0 Å². The zero-order valence-corrected chi connectivity index (χ0v) is 18.7. The summed E-state index contributed by atoms with van der Waals surface area (Å²) in [4.78, 5) is 26.1. The van der Waals surface area contributed by atoms with Crippen molar-refractivity contribution in [3.05, 3.63) is 105 Å². The van der Waals surface area contributed by atoms with E-state index in [2.05, 4.69) is 10.6 Å². The number of rotatable bonds is 6. The molecule has 0 spiro atoms. The number of nitrogens with zero attached hydrogens (tertiary/aromatic N) is 1. The van der Waals surface area contributed by atoms with Crippen LogP contribution in [-0.2, 0) is 17.9 Å². The van der Waals surface area contributed by atoms with E-state index in [9.17, 15) is 9.59 Å². The maximum atomic E-state index is 13.3. The van der Waals surface area contributed by atoms with Gasteiger partial charge in [-0.3, -0.25) is 14.2 Å². The van der Waals surface area contributed by atoms with Gasteiger partial charge in [0.05, 0.1) is 5.52 Å². The summed E-state index contributed by atoms with van der Waals surface area (Å²) in [5, 5.41) is 7.64.